The Balaban J connectivity index is 0. The van der Waals surface area contributed by atoms with Gasteiger partial charge >= 0.3 is 0 Å². The number of hydrogen-bond donors (Lipinski definition) is 1. The molecule has 0 aromatic carbocycles. The average Bonchev–Trinajstić information content (AvgIpc) is 1.35. The topological polar surface area (TPSA) is 75.5 Å². The standard InChI is InChI=1S/C4H7NO.H2O/c1-4(2,6)3-5;/h6H,1-2H3;1H2. The van der Waals surface area contributed by atoms with Crippen LogP contribution in [0, 0.1) is 11.3 Å². The van der Waals surface area contributed by atoms with Crippen LogP contribution in [0.2, 0.25) is 0 Å². The largest absolute Gasteiger partial charge is 0.412 e. The molecule has 0 atom stereocenters. The van der Waals surface area contributed by atoms with Crippen LogP contribution >= 0.6 is 0 Å². The van der Waals surface area contributed by atoms with Gasteiger partial charge < -0.3 is 10.6 Å². The minimum Gasteiger partial charge on any atom is -0.412 e. The Bertz CT molecular complexity index is 76.7. The smallest absolute Gasteiger partial charge is 0.145 e. The Labute approximate surface area is 42.5 Å². The third-order valence-electron chi connectivity index (χ3n) is 0.274. The van der Waals surface area contributed by atoms with Gasteiger partial charge in [-0.2, -0.15) is 5.26 Å². The summed E-state index contributed by atoms with van der Waals surface area (Å²) in [6.45, 7) is 2.88. The first kappa shape index (κ1) is 9.65. The van der Waals surface area contributed by atoms with Gasteiger partial charge in [-0.3, -0.25) is 0 Å². The Hall–Kier alpha value is -0.590. The van der Waals surface area contributed by atoms with Crippen molar-refractivity contribution in [1.29, 1.82) is 5.26 Å². The van der Waals surface area contributed by atoms with Gasteiger partial charge in [0.2, 0.25) is 0 Å². The molecule has 7 heavy (non-hydrogen) atoms. The highest BCUT2D eigenvalue weighted by Gasteiger charge is 2.07. The first-order valence-electron chi connectivity index (χ1n) is 1.70. The summed E-state index contributed by atoms with van der Waals surface area (Å²) in [5.74, 6) is 0. The second-order valence-corrected chi connectivity index (χ2v) is 1.67. The number of hydrogen-bond acceptors (Lipinski definition) is 2. The molecule has 0 bridgehead atoms. The van der Waals surface area contributed by atoms with Crippen molar-refractivity contribution in [2.45, 2.75) is 19.4 Å². The summed E-state index contributed by atoms with van der Waals surface area (Å²) < 4.78 is 0. The zero-order valence-corrected chi connectivity index (χ0v) is 4.39. The Morgan fingerprint density at radius 1 is 1.57 bits per heavy atom. The lowest BCUT2D eigenvalue weighted by Crippen LogP contribution is -2.13. The van der Waals surface area contributed by atoms with Crippen LogP contribution in [0.5, 0.6) is 0 Å². The molecule has 0 saturated heterocycles. The van der Waals surface area contributed by atoms with Crippen molar-refractivity contribution in [3.63, 3.8) is 0 Å². The molecule has 0 heterocycles. The van der Waals surface area contributed by atoms with E-state index in [4.69, 9.17) is 10.4 Å². The quantitative estimate of drug-likeness (QED) is 0.418. The van der Waals surface area contributed by atoms with Crippen LogP contribution in [-0.4, -0.2) is 16.2 Å². The van der Waals surface area contributed by atoms with E-state index in [1.165, 1.54) is 13.8 Å². The molecular weight excluding hydrogens is 94.0 g/mol. The van der Waals surface area contributed by atoms with Crippen molar-refractivity contribution in [3.8, 4) is 6.07 Å². The summed E-state index contributed by atoms with van der Waals surface area (Å²) in [6.07, 6.45) is 0. The van der Waals surface area contributed by atoms with E-state index in [1.54, 1.807) is 6.07 Å². The maximum Gasteiger partial charge on any atom is 0.145 e. The molecule has 42 valence electrons. The van der Waals surface area contributed by atoms with Crippen LogP contribution in [0.15, 0.2) is 0 Å². The molecule has 3 nitrogen and oxygen atoms in total. The van der Waals surface area contributed by atoms with Crippen molar-refractivity contribution in [2.24, 2.45) is 0 Å². The van der Waals surface area contributed by atoms with Crippen LogP contribution in [0.25, 0.3) is 0 Å². The molecule has 0 rings (SSSR count). The fourth-order valence-corrected chi connectivity index (χ4v) is 0. The summed E-state index contributed by atoms with van der Waals surface area (Å²) in [5, 5.41) is 16.4. The number of nitrogens with zero attached hydrogens (tertiary/aromatic N) is 1. The van der Waals surface area contributed by atoms with Gasteiger partial charge in [0.05, 0.1) is 6.07 Å². The van der Waals surface area contributed by atoms with Gasteiger partial charge in [-0.05, 0) is 13.8 Å². The van der Waals surface area contributed by atoms with Crippen molar-refractivity contribution < 1.29 is 10.6 Å². The van der Waals surface area contributed by atoms with E-state index in [0.717, 1.165) is 0 Å². The lowest BCUT2D eigenvalue weighted by molar-refractivity contribution is 0.141. The molecular formula is C4H9NO2. The minimum absolute atomic E-state index is 0. The minimum atomic E-state index is -1.15. The highest BCUT2D eigenvalue weighted by atomic mass is 16.3. The van der Waals surface area contributed by atoms with Crippen molar-refractivity contribution in [2.75, 3.05) is 0 Å². The molecule has 0 fully saturated rings. The number of rotatable bonds is 0. The number of nitriles is 1. The summed E-state index contributed by atoms with van der Waals surface area (Å²) in [7, 11) is 0. The molecule has 3 N–H and O–H groups in total. The van der Waals surface area contributed by atoms with Crippen LogP contribution in [0.4, 0.5) is 0 Å². The lowest BCUT2D eigenvalue weighted by atomic mass is 10.2. The first-order valence-corrected chi connectivity index (χ1v) is 1.70. The Morgan fingerprint density at radius 3 is 1.71 bits per heavy atom. The van der Waals surface area contributed by atoms with Crippen LogP contribution in [0.3, 0.4) is 0 Å². The third kappa shape index (κ3) is 10.8. The second-order valence-electron chi connectivity index (χ2n) is 1.67. The summed E-state index contributed by atoms with van der Waals surface area (Å²) in [4.78, 5) is 0. The van der Waals surface area contributed by atoms with Gasteiger partial charge in [0.15, 0.2) is 0 Å². The van der Waals surface area contributed by atoms with Crippen LogP contribution in [-0.2, 0) is 0 Å². The average molecular weight is 103 g/mol. The van der Waals surface area contributed by atoms with Gasteiger partial charge in [-0.1, -0.05) is 0 Å². The molecule has 0 radical (unpaired) electrons. The van der Waals surface area contributed by atoms with E-state index in [1.807, 2.05) is 0 Å². The van der Waals surface area contributed by atoms with Gasteiger partial charge in [0.1, 0.15) is 5.60 Å². The Morgan fingerprint density at radius 2 is 1.71 bits per heavy atom. The van der Waals surface area contributed by atoms with Gasteiger partial charge in [0, 0.05) is 0 Å². The fraction of sp³-hybridized carbons (Fsp3) is 0.750. The molecule has 0 aromatic rings. The van der Waals surface area contributed by atoms with E-state index in [2.05, 4.69) is 0 Å². The number of aliphatic hydroxyl groups is 1. The van der Waals surface area contributed by atoms with Gasteiger partial charge in [-0.15, -0.1) is 0 Å². The molecule has 0 spiro atoms. The molecule has 0 aliphatic rings. The molecule has 0 aliphatic heterocycles. The highest BCUT2D eigenvalue weighted by Crippen LogP contribution is 1.93. The van der Waals surface area contributed by atoms with Crippen molar-refractivity contribution in [1.82, 2.24) is 0 Å². The maximum absolute atomic E-state index is 8.47. The summed E-state index contributed by atoms with van der Waals surface area (Å²) >= 11 is 0. The maximum atomic E-state index is 8.47. The molecule has 0 unspecified atom stereocenters. The molecule has 0 aliphatic carbocycles. The molecule has 0 saturated carbocycles. The third-order valence-corrected chi connectivity index (χ3v) is 0.274. The van der Waals surface area contributed by atoms with E-state index in [9.17, 15) is 0 Å². The van der Waals surface area contributed by atoms with E-state index in [0.29, 0.717) is 0 Å². The van der Waals surface area contributed by atoms with Crippen molar-refractivity contribution in [3.05, 3.63) is 0 Å². The zero-order valence-electron chi connectivity index (χ0n) is 4.39. The zero-order chi connectivity index (χ0) is 5.21. The van der Waals surface area contributed by atoms with E-state index >= 15 is 0 Å². The van der Waals surface area contributed by atoms with E-state index < -0.39 is 5.60 Å². The predicted octanol–water partition coefficient (Wildman–Crippen LogP) is -0.544. The van der Waals surface area contributed by atoms with Crippen LogP contribution < -0.4 is 0 Å². The normalized spacial score (nSPS) is 8.86. The summed E-state index contributed by atoms with van der Waals surface area (Å²) in [5.41, 5.74) is -1.15. The molecule has 3 heteroatoms. The highest BCUT2D eigenvalue weighted by molar-refractivity contribution is 4.91. The van der Waals surface area contributed by atoms with Gasteiger partial charge in [-0.25, -0.2) is 0 Å². The monoisotopic (exact) mass is 103 g/mol. The predicted molar refractivity (Wildman–Crippen MR) is 25.5 cm³/mol. The Kier molecular flexibility index (Phi) is 3.53. The molecule has 0 aromatic heterocycles. The summed E-state index contributed by atoms with van der Waals surface area (Å²) in [6, 6.07) is 1.66. The van der Waals surface area contributed by atoms with Crippen molar-refractivity contribution >= 4 is 0 Å². The van der Waals surface area contributed by atoms with Gasteiger partial charge in [0.25, 0.3) is 0 Å². The lowest BCUT2D eigenvalue weighted by Gasteiger charge is -2.00. The first-order chi connectivity index (χ1) is 2.56. The second kappa shape index (κ2) is 2.56. The van der Waals surface area contributed by atoms with E-state index in [-0.39, 0.29) is 5.48 Å². The molecule has 0 amide bonds. The van der Waals surface area contributed by atoms with Crippen LogP contribution in [0.1, 0.15) is 13.8 Å². The SMILES string of the molecule is CC(C)(O)C#N.O. The fourth-order valence-electron chi connectivity index (χ4n) is 0.